The van der Waals surface area contributed by atoms with Crippen LogP contribution in [0.2, 0.25) is 0 Å². The molecule has 0 radical (unpaired) electrons. The van der Waals surface area contributed by atoms with Gasteiger partial charge in [-0.3, -0.25) is 9.59 Å². The quantitative estimate of drug-likeness (QED) is 0.678. The van der Waals surface area contributed by atoms with Gasteiger partial charge in [-0.1, -0.05) is 22.0 Å². The summed E-state index contributed by atoms with van der Waals surface area (Å²) in [4.78, 5) is 26.1. The Labute approximate surface area is 185 Å². The van der Waals surface area contributed by atoms with Crippen LogP contribution < -0.4 is 10.2 Å². The summed E-state index contributed by atoms with van der Waals surface area (Å²) in [5.41, 5.74) is 4.05. The van der Waals surface area contributed by atoms with Crippen molar-refractivity contribution in [2.24, 2.45) is 0 Å². The maximum absolute atomic E-state index is 13.1. The SMILES string of the molecule is CC(=O)N1c2c(cc(Br)cc2S(=O)(=O)CCC(=O)Nc2ccc(C)c(C)c2)C[C@@H]1C. The zero-order valence-electron chi connectivity index (χ0n) is 17.5. The van der Waals surface area contributed by atoms with Gasteiger partial charge in [0.15, 0.2) is 9.84 Å². The van der Waals surface area contributed by atoms with Crippen LogP contribution in [0.4, 0.5) is 11.4 Å². The number of sulfone groups is 1. The van der Waals surface area contributed by atoms with Crippen molar-refractivity contribution in [3.8, 4) is 0 Å². The number of nitrogens with zero attached hydrogens (tertiary/aromatic N) is 1. The first-order valence-electron chi connectivity index (χ1n) is 9.71. The van der Waals surface area contributed by atoms with Crippen molar-refractivity contribution in [1.82, 2.24) is 0 Å². The van der Waals surface area contributed by atoms with E-state index in [4.69, 9.17) is 0 Å². The first-order valence-corrected chi connectivity index (χ1v) is 12.2. The van der Waals surface area contributed by atoms with Gasteiger partial charge in [-0.2, -0.15) is 0 Å². The van der Waals surface area contributed by atoms with Crippen LogP contribution in [0.25, 0.3) is 0 Å². The number of hydrogen-bond acceptors (Lipinski definition) is 4. The Morgan fingerprint density at radius 1 is 1.17 bits per heavy atom. The van der Waals surface area contributed by atoms with E-state index in [0.717, 1.165) is 16.7 Å². The fourth-order valence-electron chi connectivity index (χ4n) is 3.77. The minimum absolute atomic E-state index is 0.0883. The number of aryl methyl sites for hydroxylation is 2. The highest BCUT2D eigenvalue weighted by Crippen LogP contribution is 2.40. The highest BCUT2D eigenvalue weighted by molar-refractivity contribution is 9.10. The number of anilines is 2. The van der Waals surface area contributed by atoms with Crippen molar-refractivity contribution >= 4 is 49.0 Å². The number of rotatable bonds is 5. The summed E-state index contributed by atoms with van der Waals surface area (Å²) < 4.78 is 26.9. The third-order valence-corrected chi connectivity index (χ3v) is 7.56. The molecule has 0 saturated heterocycles. The van der Waals surface area contributed by atoms with E-state index in [-0.39, 0.29) is 34.9 Å². The predicted molar refractivity (Wildman–Crippen MR) is 122 cm³/mol. The van der Waals surface area contributed by atoms with E-state index in [1.165, 1.54) is 17.9 Å². The summed E-state index contributed by atoms with van der Waals surface area (Å²) in [5.74, 6) is -0.912. The number of carbonyl (C=O) groups is 2. The molecule has 3 rings (SSSR count). The molecule has 0 aliphatic carbocycles. The molecule has 1 atom stereocenters. The van der Waals surface area contributed by atoms with Gasteiger partial charge in [0, 0.05) is 29.5 Å². The summed E-state index contributed by atoms with van der Waals surface area (Å²) in [6.45, 7) is 7.25. The zero-order chi connectivity index (χ0) is 22.2. The Bertz CT molecular complexity index is 1130. The molecule has 1 aliphatic rings. The van der Waals surface area contributed by atoms with Gasteiger partial charge >= 0.3 is 0 Å². The Hall–Kier alpha value is -2.19. The molecule has 1 heterocycles. The maximum Gasteiger partial charge on any atom is 0.225 e. The predicted octanol–water partition coefficient (Wildman–Crippen LogP) is 4.17. The van der Waals surface area contributed by atoms with E-state index in [0.29, 0.717) is 22.3 Å². The van der Waals surface area contributed by atoms with Crippen LogP contribution >= 0.6 is 15.9 Å². The van der Waals surface area contributed by atoms with E-state index in [1.54, 1.807) is 6.07 Å². The molecule has 0 aromatic heterocycles. The highest BCUT2D eigenvalue weighted by Gasteiger charge is 2.35. The van der Waals surface area contributed by atoms with Crippen molar-refractivity contribution < 1.29 is 18.0 Å². The van der Waals surface area contributed by atoms with Crippen LogP contribution in [0.5, 0.6) is 0 Å². The average Bonchev–Trinajstić information content (AvgIpc) is 2.98. The lowest BCUT2D eigenvalue weighted by molar-refractivity contribution is -0.117. The number of halogens is 1. The average molecular weight is 493 g/mol. The Kier molecular flexibility index (Phi) is 6.38. The lowest BCUT2D eigenvalue weighted by atomic mass is 10.1. The van der Waals surface area contributed by atoms with Crippen LogP contribution in [0, 0.1) is 13.8 Å². The van der Waals surface area contributed by atoms with E-state index in [1.807, 2.05) is 39.0 Å². The number of benzene rings is 2. The second kappa shape index (κ2) is 8.51. The van der Waals surface area contributed by atoms with Crippen molar-refractivity contribution in [2.45, 2.75) is 51.5 Å². The van der Waals surface area contributed by atoms with E-state index in [9.17, 15) is 18.0 Å². The van der Waals surface area contributed by atoms with E-state index in [2.05, 4.69) is 21.2 Å². The molecular formula is C22H25BrN2O4S. The molecule has 2 amide bonds. The summed E-state index contributed by atoms with van der Waals surface area (Å²) in [7, 11) is -3.78. The van der Waals surface area contributed by atoms with E-state index < -0.39 is 9.84 Å². The van der Waals surface area contributed by atoms with Crippen LogP contribution in [0.1, 0.15) is 37.0 Å². The molecular weight excluding hydrogens is 468 g/mol. The monoisotopic (exact) mass is 492 g/mol. The standard InChI is InChI=1S/C22H25BrN2O4S/c1-13-5-6-19(9-14(13)2)24-21(27)7-8-30(28,29)20-12-18(23)11-17-10-15(3)25(16(4)26)22(17)20/h5-6,9,11-12,15H,7-8,10H2,1-4H3,(H,24,27)/t15-/m0/s1. The summed E-state index contributed by atoms with van der Waals surface area (Å²) in [6.07, 6.45) is 0.413. The van der Waals surface area contributed by atoms with Gasteiger partial charge in [0.2, 0.25) is 11.8 Å². The van der Waals surface area contributed by atoms with Gasteiger partial charge < -0.3 is 10.2 Å². The molecule has 1 aliphatic heterocycles. The third kappa shape index (κ3) is 4.59. The van der Waals surface area contributed by atoms with Crippen LogP contribution in [-0.4, -0.2) is 32.0 Å². The number of nitrogens with one attached hydrogen (secondary N) is 1. The van der Waals surface area contributed by atoms with E-state index >= 15 is 0 Å². The largest absolute Gasteiger partial charge is 0.326 e. The van der Waals surface area contributed by atoms with Gasteiger partial charge in [-0.15, -0.1) is 0 Å². The molecule has 0 fully saturated rings. The van der Waals surface area contributed by atoms with Crippen molar-refractivity contribution in [2.75, 3.05) is 16.0 Å². The first kappa shape index (κ1) is 22.5. The fraction of sp³-hybridized carbons (Fsp3) is 0.364. The summed E-state index contributed by atoms with van der Waals surface area (Å²) >= 11 is 3.37. The second-order valence-electron chi connectivity index (χ2n) is 7.77. The summed E-state index contributed by atoms with van der Waals surface area (Å²) in [6, 6.07) is 8.80. The molecule has 30 heavy (non-hydrogen) atoms. The molecule has 0 saturated carbocycles. The number of carbonyl (C=O) groups excluding carboxylic acids is 2. The van der Waals surface area contributed by atoms with Crippen LogP contribution in [-0.2, 0) is 25.8 Å². The normalized spacial score (nSPS) is 15.8. The number of hydrogen-bond donors (Lipinski definition) is 1. The van der Waals surface area contributed by atoms with Crippen molar-refractivity contribution in [3.63, 3.8) is 0 Å². The second-order valence-corrected chi connectivity index (χ2v) is 10.8. The van der Waals surface area contributed by atoms with Crippen molar-refractivity contribution in [3.05, 3.63) is 51.5 Å². The third-order valence-electron chi connectivity index (χ3n) is 5.38. The van der Waals surface area contributed by atoms with Gasteiger partial charge in [0.25, 0.3) is 0 Å². The molecule has 1 N–H and O–H groups in total. The molecule has 2 aromatic rings. The fourth-order valence-corrected chi connectivity index (χ4v) is 5.93. The first-order chi connectivity index (χ1) is 14.0. The van der Waals surface area contributed by atoms with Crippen molar-refractivity contribution in [1.29, 1.82) is 0 Å². The van der Waals surface area contributed by atoms with Gasteiger partial charge in [0.05, 0.1) is 16.3 Å². The van der Waals surface area contributed by atoms with Gasteiger partial charge in [-0.25, -0.2) is 8.42 Å². The number of amides is 2. The minimum Gasteiger partial charge on any atom is -0.326 e. The molecule has 0 unspecified atom stereocenters. The lowest BCUT2D eigenvalue weighted by Crippen LogP contribution is -2.34. The highest BCUT2D eigenvalue weighted by atomic mass is 79.9. The Balaban J connectivity index is 1.82. The molecule has 6 nitrogen and oxygen atoms in total. The van der Waals surface area contributed by atoms with Crippen LogP contribution in [0.15, 0.2) is 39.7 Å². The molecule has 2 aromatic carbocycles. The molecule has 0 spiro atoms. The maximum atomic E-state index is 13.1. The Morgan fingerprint density at radius 2 is 1.87 bits per heavy atom. The number of fused-ring (bicyclic) bond motifs is 1. The lowest BCUT2D eigenvalue weighted by Gasteiger charge is -2.23. The minimum atomic E-state index is -3.78. The smallest absolute Gasteiger partial charge is 0.225 e. The molecule has 160 valence electrons. The van der Waals surface area contributed by atoms with Gasteiger partial charge in [0.1, 0.15) is 0 Å². The van der Waals surface area contributed by atoms with Gasteiger partial charge in [-0.05, 0) is 68.1 Å². The van der Waals surface area contributed by atoms with Crippen LogP contribution in [0.3, 0.4) is 0 Å². The topological polar surface area (TPSA) is 83.6 Å². The zero-order valence-corrected chi connectivity index (χ0v) is 19.9. The summed E-state index contributed by atoms with van der Waals surface area (Å²) in [5, 5.41) is 2.75. The Morgan fingerprint density at radius 3 is 2.50 bits per heavy atom. The molecule has 0 bridgehead atoms. The molecule has 8 heteroatoms.